The third-order valence-corrected chi connectivity index (χ3v) is 6.54. The van der Waals surface area contributed by atoms with Gasteiger partial charge in [-0.05, 0) is 24.6 Å². The number of nitrogens with zero attached hydrogens (tertiary/aromatic N) is 3. The summed E-state index contributed by atoms with van der Waals surface area (Å²) in [5, 5.41) is 9.39. The number of sulfone groups is 1. The number of hydrogen-bond acceptors (Lipinski definition) is 5. The first-order valence-corrected chi connectivity index (χ1v) is 9.57. The molecule has 2 fully saturated rings. The Labute approximate surface area is 136 Å². The van der Waals surface area contributed by atoms with Gasteiger partial charge < -0.3 is 4.90 Å². The standard InChI is InChI=1S/C15H18ClN3O2S/c16-15-9-13(2-1-12(15)10-17)18-4-6-19(7-5-18)14-3-8-22(20,21)11-14/h1-2,9,14H,3-8,11H2. The fourth-order valence-electron chi connectivity index (χ4n) is 3.20. The van der Waals surface area contributed by atoms with E-state index in [0.717, 1.165) is 38.3 Å². The molecule has 0 radical (unpaired) electrons. The number of rotatable bonds is 2. The molecule has 1 unspecified atom stereocenters. The van der Waals surface area contributed by atoms with Gasteiger partial charge in [0, 0.05) is 37.9 Å². The molecule has 2 aliphatic heterocycles. The molecule has 0 amide bonds. The summed E-state index contributed by atoms with van der Waals surface area (Å²) in [6, 6.07) is 7.73. The van der Waals surface area contributed by atoms with E-state index in [0.29, 0.717) is 22.1 Å². The average Bonchev–Trinajstić information content (AvgIpc) is 2.87. The van der Waals surface area contributed by atoms with E-state index in [1.165, 1.54) is 0 Å². The Morgan fingerprint density at radius 2 is 1.95 bits per heavy atom. The first kappa shape index (κ1) is 15.6. The van der Waals surface area contributed by atoms with Crippen LogP contribution in [0.3, 0.4) is 0 Å². The van der Waals surface area contributed by atoms with Crippen LogP contribution in [-0.2, 0) is 9.84 Å². The molecule has 118 valence electrons. The van der Waals surface area contributed by atoms with Crippen molar-refractivity contribution in [2.45, 2.75) is 12.5 Å². The molecule has 7 heteroatoms. The fraction of sp³-hybridized carbons (Fsp3) is 0.533. The highest BCUT2D eigenvalue weighted by Crippen LogP contribution is 2.25. The van der Waals surface area contributed by atoms with Gasteiger partial charge in [0.1, 0.15) is 6.07 Å². The quantitative estimate of drug-likeness (QED) is 0.817. The monoisotopic (exact) mass is 339 g/mol. The second kappa shape index (κ2) is 6.07. The van der Waals surface area contributed by atoms with Crippen molar-refractivity contribution in [3.63, 3.8) is 0 Å². The number of benzene rings is 1. The molecule has 22 heavy (non-hydrogen) atoms. The lowest BCUT2D eigenvalue weighted by Gasteiger charge is -2.38. The fourth-order valence-corrected chi connectivity index (χ4v) is 5.18. The molecule has 0 spiro atoms. The van der Waals surface area contributed by atoms with E-state index in [1.807, 2.05) is 12.1 Å². The van der Waals surface area contributed by atoms with Crippen LogP contribution in [0.1, 0.15) is 12.0 Å². The van der Waals surface area contributed by atoms with Crippen molar-refractivity contribution in [1.29, 1.82) is 5.26 Å². The van der Waals surface area contributed by atoms with Crippen LogP contribution in [0.2, 0.25) is 5.02 Å². The van der Waals surface area contributed by atoms with Crippen molar-refractivity contribution in [3.8, 4) is 6.07 Å². The second-order valence-electron chi connectivity index (χ2n) is 5.86. The molecule has 0 aromatic heterocycles. The summed E-state index contributed by atoms with van der Waals surface area (Å²) in [4.78, 5) is 4.51. The van der Waals surface area contributed by atoms with E-state index >= 15 is 0 Å². The van der Waals surface area contributed by atoms with Crippen molar-refractivity contribution in [3.05, 3.63) is 28.8 Å². The third kappa shape index (κ3) is 3.22. The lowest BCUT2D eigenvalue weighted by Crippen LogP contribution is -2.50. The molecule has 5 nitrogen and oxygen atoms in total. The molecule has 3 rings (SSSR count). The van der Waals surface area contributed by atoms with E-state index in [9.17, 15) is 8.42 Å². The van der Waals surface area contributed by atoms with E-state index in [4.69, 9.17) is 16.9 Å². The van der Waals surface area contributed by atoms with Crippen LogP contribution in [0.4, 0.5) is 5.69 Å². The molecule has 2 heterocycles. The SMILES string of the molecule is N#Cc1ccc(N2CCN(C3CCS(=O)(=O)C3)CC2)cc1Cl. The predicted molar refractivity (Wildman–Crippen MR) is 87.0 cm³/mol. The van der Waals surface area contributed by atoms with Crippen molar-refractivity contribution in [1.82, 2.24) is 4.90 Å². The summed E-state index contributed by atoms with van der Waals surface area (Å²) in [5.41, 5.74) is 1.50. The van der Waals surface area contributed by atoms with Crippen molar-refractivity contribution < 1.29 is 8.42 Å². The van der Waals surface area contributed by atoms with E-state index < -0.39 is 9.84 Å². The van der Waals surface area contributed by atoms with Crippen molar-refractivity contribution >= 4 is 27.1 Å². The molecule has 0 N–H and O–H groups in total. The molecule has 1 aromatic carbocycles. The third-order valence-electron chi connectivity index (χ3n) is 4.48. The van der Waals surface area contributed by atoms with E-state index in [1.54, 1.807) is 6.07 Å². The largest absolute Gasteiger partial charge is 0.369 e. The van der Waals surface area contributed by atoms with Gasteiger partial charge in [-0.15, -0.1) is 0 Å². The highest BCUT2D eigenvalue weighted by atomic mass is 35.5. The smallest absolute Gasteiger partial charge is 0.151 e. The Morgan fingerprint density at radius 1 is 1.23 bits per heavy atom. The van der Waals surface area contributed by atoms with E-state index in [2.05, 4.69) is 15.9 Å². The highest BCUT2D eigenvalue weighted by molar-refractivity contribution is 7.91. The number of nitriles is 1. The Morgan fingerprint density at radius 3 is 2.50 bits per heavy atom. The summed E-state index contributed by atoms with van der Waals surface area (Å²) in [5.74, 6) is 0.624. The summed E-state index contributed by atoms with van der Waals surface area (Å²) >= 11 is 6.09. The molecule has 0 saturated carbocycles. The average molecular weight is 340 g/mol. The Balaban J connectivity index is 1.62. The van der Waals surface area contributed by atoms with Crippen molar-refractivity contribution in [2.75, 3.05) is 42.6 Å². The lowest BCUT2D eigenvalue weighted by molar-refractivity contribution is 0.200. The molecule has 0 aliphatic carbocycles. The minimum atomic E-state index is -2.83. The zero-order valence-electron chi connectivity index (χ0n) is 12.2. The Bertz CT molecular complexity index is 706. The van der Waals surface area contributed by atoms with Gasteiger partial charge in [0.05, 0.1) is 22.1 Å². The van der Waals surface area contributed by atoms with Crippen LogP contribution in [-0.4, -0.2) is 57.0 Å². The van der Waals surface area contributed by atoms with Gasteiger partial charge in [-0.2, -0.15) is 5.26 Å². The zero-order chi connectivity index (χ0) is 15.7. The molecular weight excluding hydrogens is 322 g/mol. The second-order valence-corrected chi connectivity index (χ2v) is 8.49. The normalized spacial score (nSPS) is 25.1. The van der Waals surface area contributed by atoms with Crippen LogP contribution < -0.4 is 4.90 Å². The topological polar surface area (TPSA) is 64.4 Å². The van der Waals surface area contributed by atoms with Gasteiger partial charge in [-0.25, -0.2) is 8.42 Å². The number of hydrogen-bond donors (Lipinski definition) is 0. The summed E-state index contributed by atoms with van der Waals surface area (Å²) in [7, 11) is -2.83. The van der Waals surface area contributed by atoms with Crippen molar-refractivity contribution in [2.24, 2.45) is 0 Å². The minimum absolute atomic E-state index is 0.178. The van der Waals surface area contributed by atoms with Crippen LogP contribution in [0.25, 0.3) is 0 Å². The van der Waals surface area contributed by atoms with Crippen LogP contribution in [0, 0.1) is 11.3 Å². The zero-order valence-corrected chi connectivity index (χ0v) is 13.8. The molecule has 2 saturated heterocycles. The van der Waals surface area contributed by atoms with Crippen LogP contribution >= 0.6 is 11.6 Å². The Kier molecular flexibility index (Phi) is 4.31. The number of halogens is 1. The Hall–Kier alpha value is -1.29. The predicted octanol–water partition coefficient (Wildman–Crippen LogP) is 1.52. The minimum Gasteiger partial charge on any atom is -0.369 e. The van der Waals surface area contributed by atoms with Gasteiger partial charge in [0.25, 0.3) is 0 Å². The molecule has 1 atom stereocenters. The summed E-state index contributed by atoms with van der Waals surface area (Å²) < 4.78 is 23.2. The van der Waals surface area contributed by atoms with Gasteiger partial charge in [0.2, 0.25) is 0 Å². The first-order chi connectivity index (χ1) is 10.5. The van der Waals surface area contributed by atoms with Gasteiger partial charge in [-0.3, -0.25) is 4.90 Å². The summed E-state index contributed by atoms with van der Waals surface area (Å²) in [6.07, 6.45) is 0.755. The molecular formula is C15H18ClN3O2S. The number of piperazine rings is 1. The van der Waals surface area contributed by atoms with Crippen LogP contribution in [0.15, 0.2) is 18.2 Å². The number of anilines is 1. The maximum atomic E-state index is 11.6. The molecule has 1 aromatic rings. The first-order valence-electron chi connectivity index (χ1n) is 7.37. The summed E-state index contributed by atoms with van der Waals surface area (Å²) in [6.45, 7) is 3.41. The van der Waals surface area contributed by atoms with Gasteiger partial charge in [-0.1, -0.05) is 11.6 Å². The van der Waals surface area contributed by atoms with Gasteiger partial charge in [0.15, 0.2) is 9.84 Å². The lowest BCUT2D eigenvalue weighted by atomic mass is 10.1. The molecule has 0 bridgehead atoms. The van der Waals surface area contributed by atoms with Crippen LogP contribution in [0.5, 0.6) is 0 Å². The van der Waals surface area contributed by atoms with E-state index in [-0.39, 0.29) is 6.04 Å². The molecule has 2 aliphatic rings. The van der Waals surface area contributed by atoms with Gasteiger partial charge >= 0.3 is 0 Å². The maximum absolute atomic E-state index is 11.6. The highest BCUT2D eigenvalue weighted by Gasteiger charge is 2.33. The maximum Gasteiger partial charge on any atom is 0.151 e.